The molecule has 1 aromatic carbocycles. The molecule has 2 rings (SSSR count). The predicted molar refractivity (Wildman–Crippen MR) is 87.1 cm³/mol. The lowest BCUT2D eigenvalue weighted by Gasteiger charge is -2.21. The third-order valence-electron chi connectivity index (χ3n) is 3.25. The number of ether oxygens (including phenoxy) is 1. The Morgan fingerprint density at radius 2 is 1.77 bits per heavy atom. The molecule has 0 aliphatic heterocycles. The number of benzene rings is 1. The highest BCUT2D eigenvalue weighted by molar-refractivity contribution is 7.12. The van der Waals surface area contributed by atoms with Crippen LogP contribution in [-0.4, -0.2) is 30.9 Å². The summed E-state index contributed by atoms with van der Waals surface area (Å²) < 4.78 is 5.52. The van der Waals surface area contributed by atoms with Gasteiger partial charge in [0.1, 0.15) is 0 Å². The fourth-order valence-electron chi connectivity index (χ4n) is 2.13. The van der Waals surface area contributed by atoms with Crippen molar-refractivity contribution in [2.75, 3.05) is 14.1 Å². The number of nitrogens with zero attached hydrogens (tertiary/aromatic N) is 1. The number of likely N-dealkylation sites (N-methyl/N-ethyl adjacent to an activating group) is 1. The second kappa shape index (κ2) is 6.75. The molecule has 0 N–H and O–H groups in total. The number of thiophene rings is 1. The van der Waals surface area contributed by atoms with E-state index < -0.39 is 12.1 Å². The average Bonchev–Trinajstić information content (AvgIpc) is 2.83. The summed E-state index contributed by atoms with van der Waals surface area (Å²) in [6.45, 7) is 3.81. The first-order valence-corrected chi connectivity index (χ1v) is 7.76. The molecule has 0 fully saturated rings. The standard InChI is InChI=1S/C17H19NO3S/c1-11-10-14(12(2)22-11)17(20)21-15(16(19)18(3)4)13-8-6-5-7-9-13/h5-10,15H,1-4H3/t15-/m1/s1. The van der Waals surface area contributed by atoms with Crippen LogP contribution in [0.25, 0.3) is 0 Å². The lowest BCUT2D eigenvalue weighted by atomic mass is 10.1. The summed E-state index contributed by atoms with van der Waals surface area (Å²) in [5.74, 6) is -0.727. The number of hydrogen-bond acceptors (Lipinski definition) is 4. The molecule has 2 aromatic rings. The van der Waals surface area contributed by atoms with E-state index in [1.54, 1.807) is 32.3 Å². The summed E-state index contributed by atoms with van der Waals surface area (Å²) in [7, 11) is 3.29. The van der Waals surface area contributed by atoms with E-state index in [0.717, 1.165) is 9.75 Å². The van der Waals surface area contributed by atoms with Crippen molar-refractivity contribution in [2.45, 2.75) is 20.0 Å². The van der Waals surface area contributed by atoms with Crippen molar-refractivity contribution in [3.8, 4) is 0 Å². The molecule has 1 heterocycles. The number of carbonyl (C=O) groups excluding carboxylic acids is 2. The van der Waals surface area contributed by atoms with Gasteiger partial charge in [-0.05, 0) is 19.9 Å². The molecule has 1 amide bonds. The molecular weight excluding hydrogens is 298 g/mol. The largest absolute Gasteiger partial charge is 0.444 e. The Morgan fingerprint density at radius 3 is 2.27 bits per heavy atom. The zero-order valence-corrected chi connectivity index (χ0v) is 13.9. The van der Waals surface area contributed by atoms with Crippen LogP contribution in [0.15, 0.2) is 36.4 Å². The van der Waals surface area contributed by atoms with Crippen LogP contribution in [-0.2, 0) is 9.53 Å². The minimum Gasteiger partial charge on any atom is -0.444 e. The number of carbonyl (C=O) groups is 2. The highest BCUT2D eigenvalue weighted by atomic mass is 32.1. The van der Waals surface area contributed by atoms with Gasteiger partial charge in [-0.1, -0.05) is 30.3 Å². The van der Waals surface area contributed by atoms with E-state index in [0.29, 0.717) is 11.1 Å². The Morgan fingerprint density at radius 1 is 1.14 bits per heavy atom. The molecule has 0 aliphatic carbocycles. The maximum atomic E-state index is 12.4. The number of hydrogen-bond donors (Lipinski definition) is 0. The Balaban J connectivity index is 2.29. The van der Waals surface area contributed by atoms with Crippen molar-refractivity contribution in [2.24, 2.45) is 0 Å². The molecule has 0 saturated carbocycles. The normalized spacial score (nSPS) is 11.8. The van der Waals surface area contributed by atoms with Gasteiger partial charge in [-0.15, -0.1) is 11.3 Å². The Labute approximate surface area is 134 Å². The predicted octanol–water partition coefficient (Wildman–Crippen LogP) is 3.35. The van der Waals surface area contributed by atoms with Crippen LogP contribution in [0.1, 0.15) is 31.8 Å². The lowest BCUT2D eigenvalue weighted by Crippen LogP contribution is -2.31. The number of esters is 1. The van der Waals surface area contributed by atoms with E-state index >= 15 is 0 Å². The van der Waals surface area contributed by atoms with Crippen molar-refractivity contribution >= 4 is 23.2 Å². The van der Waals surface area contributed by atoms with Crippen LogP contribution in [0.2, 0.25) is 0 Å². The summed E-state index contributed by atoms with van der Waals surface area (Å²) in [6.07, 6.45) is -0.927. The van der Waals surface area contributed by atoms with Gasteiger partial charge in [0, 0.05) is 29.4 Å². The highest BCUT2D eigenvalue weighted by Gasteiger charge is 2.27. The molecule has 1 aromatic heterocycles. The van der Waals surface area contributed by atoms with Crippen LogP contribution in [0.4, 0.5) is 0 Å². The second-order valence-corrected chi connectivity index (χ2v) is 6.72. The Kier molecular flexibility index (Phi) is 4.98. The lowest BCUT2D eigenvalue weighted by molar-refractivity contribution is -0.138. The van der Waals surface area contributed by atoms with E-state index in [9.17, 15) is 9.59 Å². The molecule has 116 valence electrons. The fraction of sp³-hybridized carbons (Fsp3) is 0.294. The number of aryl methyl sites for hydroxylation is 2. The summed E-state index contributed by atoms with van der Waals surface area (Å²) in [5.41, 5.74) is 1.19. The summed E-state index contributed by atoms with van der Waals surface area (Å²) in [4.78, 5) is 28.1. The Hall–Kier alpha value is -2.14. The summed E-state index contributed by atoms with van der Waals surface area (Å²) >= 11 is 1.54. The van der Waals surface area contributed by atoms with E-state index in [1.165, 1.54) is 16.2 Å². The quantitative estimate of drug-likeness (QED) is 0.812. The van der Waals surface area contributed by atoms with E-state index in [1.807, 2.05) is 32.0 Å². The average molecular weight is 317 g/mol. The first-order chi connectivity index (χ1) is 10.4. The molecule has 22 heavy (non-hydrogen) atoms. The molecule has 0 aliphatic rings. The zero-order chi connectivity index (χ0) is 16.3. The van der Waals surface area contributed by atoms with Gasteiger partial charge in [0.25, 0.3) is 5.91 Å². The van der Waals surface area contributed by atoms with Crippen molar-refractivity contribution in [1.82, 2.24) is 4.90 Å². The number of amides is 1. The molecular formula is C17H19NO3S. The van der Waals surface area contributed by atoms with Crippen molar-refractivity contribution in [3.63, 3.8) is 0 Å². The topological polar surface area (TPSA) is 46.6 Å². The minimum atomic E-state index is -0.927. The van der Waals surface area contributed by atoms with Gasteiger partial charge in [-0.25, -0.2) is 4.79 Å². The van der Waals surface area contributed by atoms with Crippen molar-refractivity contribution in [3.05, 3.63) is 57.3 Å². The molecule has 0 saturated heterocycles. The smallest absolute Gasteiger partial charge is 0.340 e. The van der Waals surface area contributed by atoms with Gasteiger partial charge in [0.2, 0.25) is 6.10 Å². The van der Waals surface area contributed by atoms with Crippen LogP contribution in [0.3, 0.4) is 0 Å². The highest BCUT2D eigenvalue weighted by Crippen LogP contribution is 2.25. The third kappa shape index (κ3) is 3.54. The van der Waals surface area contributed by atoms with Crippen LogP contribution in [0.5, 0.6) is 0 Å². The van der Waals surface area contributed by atoms with Crippen molar-refractivity contribution in [1.29, 1.82) is 0 Å². The van der Waals surface area contributed by atoms with E-state index in [-0.39, 0.29) is 5.91 Å². The first kappa shape index (κ1) is 16.2. The molecule has 1 atom stereocenters. The summed E-state index contributed by atoms with van der Waals surface area (Å²) in [6, 6.07) is 10.9. The van der Waals surface area contributed by atoms with Gasteiger partial charge in [0.05, 0.1) is 5.56 Å². The van der Waals surface area contributed by atoms with Gasteiger partial charge >= 0.3 is 5.97 Å². The van der Waals surface area contributed by atoms with Crippen LogP contribution >= 0.6 is 11.3 Å². The minimum absolute atomic E-state index is 0.260. The maximum Gasteiger partial charge on any atom is 0.340 e. The molecule has 5 heteroatoms. The van der Waals surface area contributed by atoms with Crippen molar-refractivity contribution < 1.29 is 14.3 Å². The van der Waals surface area contributed by atoms with E-state index in [4.69, 9.17) is 4.74 Å². The molecule has 4 nitrogen and oxygen atoms in total. The zero-order valence-electron chi connectivity index (χ0n) is 13.1. The van der Waals surface area contributed by atoms with Gasteiger partial charge in [0.15, 0.2) is 0 Å². The second-order valence-electron chi connectivity index (χ2n) is 5.26. The third-order valence-corrected chi connectivity index (χ3v) is 4.22. The fourth-order valence-corrected chi connectivity index (χ4v) is 3.04. The van der Waals surface area contributed by atoms with Crippen LogP contribution in [0, 0.1) is 13.8 Å². The Bertz CT molecular complexity index is 676. The molecule has 0 radical (unpaired) electrons. The van der Waals surface area contributed by atoms with E-state index in [2.05, 4.69) is 0 Å². The first-order valence-electron chi connectivity index (χ1n) is 6.94. The molecule has 0 bridgehead atoms. The summed E-state index contributed by atoms with van der Waals surface area (Å²) in [5, 5.41) is 0. The molecule has 0 spiro atoms. The van der Waals surface area contributed by atoms with Gasteiger partial charge in [-0.3, -0.25) is 4.79 Å². The number of rotatable bonds is 4. The maximum absolute atomic E-state index is 12.4. The van der Waals surface area contributed by atoms with Gasteiger partial charge in [-0.2, -0.15) is 0 Å². The van der Waals surface area contributed by atoms with Gasteiger partial charge < -0.3 is 9.64 Å². The molecule has 0 unspecified atom stereocenters. The van der Waals surface area contributed by atoms with Crippen LogP contribution < -0.4 is 0 Å². The SMILES string of the molecule is Cc1cc(C(=O)O[C@@H](C(=O)N(C)C)c2ccccc2)c(C)s1. The monoisotopic (exact) mass is 317 g/mol.